The summed E-state index contributed by atoms with van der Waals surface area (Å²) in [7, 11) is 0. The lowest BCUT2D eigenvalue weighted by Gasteiger charge is -2.34. The number of aromatic nitrogens is 1. The number of nitrogens with zero attached hydrogens (tertiary/aromatic N) is 3. The van der Waals surface area contributed by atoms with E-state index in [0.717, 1.165) is 0 Å². The molecule has 2 amide bonds. The maximum absolute atomic E-state index is 12.4. The summed E-state index contributed by atoms with van der Waals surface area (Å²) in [5.74, 6) is -0.0346. The topological polar surface area (TPSA) is 66.7 Å². The minimum Gasteiger partial charge on any atom is -0.351 e. The molecule has 1 fully saturated rings. The lowest BCUT2D eigenvalue weighted by Crippen LogP contribution is -2.50. The quantitative estimate of drug-likeness (QED) is 0.845. The van der Waals surface area contributed by atoms with E-state index in [1.54, 1.807) is 47.1 Å². The molecule has 0 spiro atoms. The maximum Gasteiger partial charge on any atom is 0.292 e. The molecule has 6 nitrogen and oxygen atoms in total. The number of rotatable bonds is 2. The minimum atomic E-state index is -0.194. The van der Waals surface area contributed by atoms with Crippen molar-refractivity contribution in [3.05, 3.63) is 52.4 Å². The Balaban J connectivity index is 1.62. The van der Waals surface area contributed by atoms with Crippen LogP contribution < -0.4 is 0 Å². The fourth-order valence-corrected chi connectivity index (χ4v) is 2.73. The normalized spacial score (nSPS) is 14.9. The summed E-state index contributed by atoms with van der Waals surface area (Å²) in [6.45, 7) is 3.64. The summed E-state index contributed by atoms with van der Waals surface area (Å²) < 4.78 is 5.00. The van der Waals surface area contributed by atoms with E-state index in [1.807, 2.05) is 0 Å². The fourth-order valence-electron chi connectivity index (χ4n) is 2.54. The van der Waals surface area contributed by atoms with Crippen molar-refractivity contribution in [2.75, 3.05) is 26.2 Å². The molecule has 1 aliphatic heterocycles. The molecule has 3 rings (SSSR count). The number of halogens is 1. The summed E-state index contributed by atoms with van der Waals surface area (Å²) in [5, 5.41) is 4.26. The second-order valence-corrected chi connectivity index (χ2v) is 5.86. The average molecular weight is 334 g/mol. The molecular weight excluding hydrogens is 318 g/mol. The summed E-state index contributed by atoms with van der Waals surface area (Å²) in [6.07, 6.45) is 0. The zero-order chi connectivity index (χ0) is 16.4. The van der Waals surface area contributed by atoms with Gasteiger partial charge in [0.25, 0.3) is 11.8 Å². The second-order valence-electron chi connectivity index (χ2n) is 5.43. The molecule has 0 aliphatic carbocycles. The predicted molar refractivity (Wildman–Crippen MR) is 84.5 cm³/mol. The van der Waals surface area contributed by atoms with Crippen molar-refractivity contribution >= 4 is 23.4 Å². The molecule has 0 bridgehead atoms. The smallest absolute Gasteiger partial charge is 0.292 e. The van der Waals surface area contributed by atoms with Gasteiger partial charge in [-0.2, -0.15) is 0 Å². The molecule has 0 atom stereocenters. The van der Waals surface area contributed by atoms with Gasteiger partial charge in [0.1, 0.15) is 0 Å². The van der Waals surface area contributed by atoms with Crippen LogP contribution in [0.5, 0.6) is 0 Å². The average Bonchev–Trinajstić information content (AvgIpc) is 3.00. The van der Waals surface area contributed by atoms with E-state index >= 15 is 0 Å². The van der Waals surface area contributed by atoms with Crippen LogP contribution in [0.2, 0.25) is 5.02 Å². The van der Waals surface area contributed by atoms with Gasteiger partial charge in [-0.1, -0.05) is 22.8 Å². The zero-order valence-corrected chi connectivity index (χ0v) is 13.4. The van der Waals surface area contributed by atoms with Gasteiger partial charge in [-0.3, -0.25) is 9.59 Å². The summed E-state index contributed by atoms with van der Waals surface area (Å²) in [4.78, 5) is 28.1. The number of benzene rings is 1. The third kappa shape index (κ3) is 3.37. The van der Waals surface area contributed by atoms with Crippen LogP contribution in [0.1, 0.15) is 26.6 Å². The van der Waals surface area contributed by atoms with Gasteiger partial charge in [0.15, 0.2) is 0 Å². The molecule has 1 aliphatic rings. The molecule has 2 aromatic rings. The molecule has 0 radical (unpaired) electrons. The molecule has 0 unspecified atom stereocenters. The Hall–Kier alpha value is -2.34. The number of hydrogen-bond acceptors (Lipinski definition) is 4. The first kappa shape index (κ1) is 15.6. The highest BCUT2D eigenvalue weighted by molar-refractivity contribution is 6.30. The van der Waals surface area contributed by atoms with Gasteiger partial charge in [0, 0.05) is 42.8 Å². The number of carbonyl (C=O) groups is 2. The van der Waals surface area contributed by atoms with Crippen LogP contribution in [-0.4, -0.2) is 52.9 Å². The molecule has 120 valence electrons. The van der Waals surface area contributed by atoms with Gasteiger partial charge in [-0.15, -0.1) is 0 Å². The Bertz CT molecular complexity index is 736. The highest BCUT2D eigenvalue weighted by Crippen LogP contribution is 2.15. The number of aryl methyl sites for hydroxylation is 1. The Morgan fingerprint density at radius 3 is 2.30 bits per heavy atom. The largest absolute Gasteiger partial charge is 0.351 e. The van der Waals surface area contributed by atoms with Crippen LogP contribution >= 0.6 is 11.6 Å². The number of hydrogen-bond donors (Lipinski definition) is 0. The van der Waals surface area contributed by atoms with E-state index in [2.05, 4.69) is 5.16 Å². The summed E-state index contributed by atoms with van der Waals surface area (Å²) in [5.41, 5.74) is 1.23. The van der Waals surface area contributed by atoms with Crippen molar-refractivity contribution in [3.63, 3.8) is 0 Å². The van der Waals surface area contributed by atoms with E-state index in [9.17, 15) is 9.59 Å². The van der Waals surface area contributed by atoms with E-state index in [0.29, 0.717) is 42.5 Å². The van der Waals surface area contributed by atoms with Crippen molar-refractivity contribution in [1.82, 2.24) is 15.0 Å². The molecule has 7 heteroatoms. The van der Waals surface area contributed by atoms with Gasteiger partial charge in [0.05, 0.1) is 5.69 Å². The van der Waals surface area contributed by atoms with E-state index in [4.69, 9.17) is 16.1 Å². The third-order valence-electron chi connectivity index (χ3n) is 3.76. The second kappa shape index (κ2) is 6.42. The van der Waals surface area contributed by atoms with E-state index in [1.165, 1.54) is 0 Å². The van der Waals surface area contributed by atoms with Gasteiger partial charge in [-0.25, -0.2) is 0 Å². The lowest BCUT2D eigenvalue weighted by atomic mass is 10.2. The van der Waals surface area contributed by atoms with Crippen molar-refractivity contribution in [1.29, 1.82) is 0 Å². The van der Waals surface area contributed by atoms with Crippen LogP contribution in [-0.2, 0) is 0 Å². The predicted octanol–water partition coefficient (Wildman–Crippen LogP) is 2.23. The lowest BCUT2D eigenvalue weighted by molar-refractivity contribution is 0.0512. The highest BCUT2D eigenvalue weighted by atomic mass is 35.5. The Morgan fingerprint density at radius 2 is 1.74 bits per heavy atom. The molecule has 23 heavy (non-hydrogen) atoms. The molecule has 1 aromatic heterocycles. The standard InChI is InChI=1S/C16H16ClN3O3/c1-11-9-14(23-18-11)16(22)20-7-5-19(6-8-20)15(21)12-3-2-4-13(17)10-12/h2-4,9-10H,5-8H2,1H3. The van der Waals surface area contributed by atoms with Crippen molar-refractivity contribution in [2.24, 2.45) is 0 Å². The first-order valence-corrected chi connectivity index (χ1v) is 7.70. The number of carbonyl (C=O) groups excluding carboxylic acids is 2. The summed E-state index contributed by atoms with van der Waals surface area (Å²) >= 11 is 5.92. The van der Waals surface area contributed by atoms with E-state index in [-0.39, 0.29) is 17.6 Å². The van der Waals surface area contributed by atoms with Gasteiger partial charge in [0.2, 0.25) is 5.76 Å². The fraction of sp³-hybridized carbons (Fsp3) is 0.312. The number of amides is 2. The zero-order valence-electron chi connectivity index (χ0n) is 12.7. The van der Waals surface area contributed by atoms with Crippen molar-refractivity contribution < 1.29 is 14.1 Å². The monoisotopic (exact) mass is 333 g/mol. The Morgan fingerprint density at radius 1 is 1.09 bits per heavy atom. The molecular formula is C16H16ClN3O3. The van der Waals surface area contributed by atoms with Crippen LogP contribution in [0, 0.1) is 6.92 Å². The van der Waals surface area contributed by atoms with E-state index < -0.39 is 0 Å². The minimum absolute atomic E-state index is 0.0740. The molecule has 0 saturated carbocycles. The third-order valence-corrected chi connectivity index (χ3v) is 4.00. The maximum atomic E-state index is 12.4. The first-order valence-electron chi connectivity index (χ1n) is 7.32. The Labute approximate surface area is 138 Å². The van der Waals surface area contributed by atoms with Crippen LogP contribution in [0.15, 0.2) is 34.9 Å². The molecule has 1 aromatic carbocycles. The molecule has 2 heterocycles. The van der Waals surface area contributed by atoms with Crippen molar-refractivity contribution in [3.8, 4) is 0 Å². The molecule has 1 saturated heterocycles. The van der Waals surface area contributed by atoms with Crippen LogP contribution in [0.3, 0.4) is 0 Å². The van der Waals surface area contributed by atoms with Crippen LogP contribution in [0.4, 0.5) is 0 Å². The van der Waals surface area contributed by atoms with Crippen molar-refractivity contribution in [2.45, 2.75) is 6.92 Å². The number of piperazine rings is 1. The van der Waals surface area contributed by atoms with Gasteiger partial charge < -0.3 is 14.3 Å². The SMILES string of the molecule is Cc1cc(C(=O)N2CCN(C(=O)c3cccc(Cl)c3)CC2)on1. The summed E-state index contributed by atoms with van der Waals surface area (Å²) in [6, 6.07) is 8.49. The molecule has 0 N–H and O–H groups in total. The highest BCUT2D eigenvalue weighted by Gasteiger charge is 2.27. The van der Waals surface area contributed by atoms with Crippen LogP contribution in [0.25, 0.3) is 0 Å². The van der Waals surface area contributed by atoms with Gasteiger partial charge in [-0.05, 0) is 25.1 Å². The van der Waals surface area contributed by atoms with Gasteiger partial charge >= 0.3 is 0 Å². The first-order chi connectivity index (χ1) is 11.0. The Kier molecular flexibility index (Phi) is 4.34.